The first-order valence-electron chi connectivity index (χ1n) is 17.1. The van der Waals surface area contributed by atoms with Gasteiger partial charge < -0.3 is 10.6 Å². The molecule has 6 rings (SSSR count). The van der Waals surface area contributed by atoms with Gasteiger partial charge in [-0.2, -0.15) is 0 Å². The molecule has 0 aliphatic heterocycles. The lowest BCUT2D eigenvalue weighted by molar-refractivity contribution is -0.117. The second-order valence-electron chi connectivity index (χ2n) is 12.5. The van der Waals surface area contributed by atoms with Crippen LogP contribution in [0.15, 0.2) is 109 Å². The number of hydrogen-bond acceptors (Lipinski definition) is 2. The SMILES string of the molecule is O=C(CCCCCCCCCCCCC(=O)Nc1c2ccccc2cc2ccccc12)Nc1c2ccccc2cc2ccccc12. The maximum absolute atomic E-state index is 12.9. The fourth-order valence-electron chi connectivity index (χ4n) is 6.69. The van der Waals surface area contributed by atoms with Gasteiger partial charge in [-0.05, 0) is 46.5 Å². The van der Waals surface area contributed by atoms with Gasteiger partial charge in [0.1, 0.15) is 0 Å². The Labute approximate surface area is 272 Å². The lowest BCUT2D eigenvalue weighted by atomic mass is 10.0. The van der Waals surface area contributed by atoms with E-state index in [0.717, 1.165) is 80.1 Å². The minimum Gasteiger partial charge on any atom is -0.325 e. The number of carbonyl (C=O) groups is 2. The Hall–Kier alpha value is -4.70. The minimum atomic E-state index is 0.0978. The van der Waals surface area contributed by atoms with Gasteiger partial charge in [0.25, 0.3) is 0 Å². The normalized spacial score (nSPS) is 11.4. The molecular formula is C42H44N2O2. The average Bonchev–Trinajstić information content (AvgIpc) is 3.08. The van der Waals surface area contributed by atoms with Gasteiger partial charge in [0, 0.05) is 34.4 Å². The molecule has 234 valence electrons. The zero-order chi connectivity index (χ0) is 31.6. The number of anilines is 2. The maximum atomic E-state index is 12.9. The van der Waals surface area contributed by atoms with Crippen LogP contribution in [-0.4, -0.2) is 11.8 Å². The van der Waals surface area contributed by atoms with Crippen LogP contribution in [0.1, 0.15) is 77.0 Å². The van der Waals surface area contributed by atoms with Crippen molar-refractivity contribution in [3.8, 4) is 0 Å². The highest BCUT2D eigenvalue weighted by Gasteiger charge is 2.12. The van der Waals surface area contributed by atoms with Crippen molar-refractivity contribution in [1.82, 2.24) is 0 Å². The molecule has 0 bridgehead atoms. The molecule has 0 atom stereocenters. The lowest BCUT2D eigenvalue weighted by Gasteiger charge is -2.13. The molecule has 0 saturated carbocycles. The number of rotatable bonds is 15. The predicted octanol–water partition coefficient (Wildman–Crippen LogP) is 11.6. The van der Waals surface area contributed by atoms with Crippen LogP contribution in [0, 0.1) is 0 Å². The Morgan fingerprint density at radius 1 is 0.370 bits per heavy atom. The van der Waals surface area contributed by atoms with Gasteiger partial charge in [-0.15, -0.1) is 0 Å². The van der Waals surface area contributed by atoms with Crippen molar-refractivity contribution in [3.05, 3.63) is 109 Å². The Kier molecular flexibility index (Phi) is 10.6. The third kappa shape index (κ3) is 7.74. The van der Waals surface area contributed by atoms with E-state index in [9.17, 15) is 9.59 Å². The third-order valence-electron chi connectivity index (χ3n) is 9.13. The van der Waals surface area contributed by atoms with E-state index < -0.39 is 0 Å². The minimum absolute atomic E-state index is 0.0978. The third-order valence-corrected chi connectivity index (χ3v) is 9.13. The zero-order valence-corrected chi connectivity index (χ0v) is 26.7. The van der Waals surface area contributed by atoms with E-state index in [-0.39, 0.29) is 11.8 Å². The van der Waals surface area contributed by atoms with Crippen molar-refractivity contribution in [2.75, 3.05) is 10.6 Å². The van der Waals surface area contributed by atoms with Gasteiger partial charge in [0.2, 0.25) is 11.8 Å². The van der Waals surface area contributed by atoms with E-state index in [1.165, 1.54) is 38.5 Å². The fourth-order valence-corrected chi connectivity index (χ4v) is 6.69. The fraction of sp³-hybridized carbons (Fsp3) is 0.286. The maximum Gasteiger partial charge on any atom is 0.224 e. The Morgan fingerprint density at radius 2 is 0.630 bits per heavy atom. The number of unbranched alkanes of at least 4 members (excludes halogenated alkanes) is 9. The van der Waals surface area contributed by atoms with E-state index >= 15 is 0 Å². The molecule has 0 radical (unpaired) electrons. The van der Waals surface area contributed by atoms with E-state index in [0.29, 0.717) is 12.8 Å². The summed E-state index contributed by atoms with van der Waals surface area (Å²) in [4.78, 5) is 25.7. The summed E-state index contributed by atoms with van der Waals surface area (Å²) in [5, 5.41) is 15.4. The van der Waals surface area contributed by atoms with Crippen LogP contribution in [0.25, 0.3) is 43.1 Å². The second kappa shape index (κ2) is 15.5. The quantitative estimate of drug-likeness (QED) is 0.0900. The second-order valence-corrected chi connectivity index (χ2v) is 12.5. The molecule has 2 N–H and O–H groups in total. The van der Waals surface area contributed by atoms with E-state index in [1.807, 2.05) is 48.5 Å². The molecule has 6 aromatic rings. The molecule has 0 saturated heterocycles. The highest BCUT2D eigenvalue weighted by Crippen LogP contribution is 2.34. The van der Waals surface area contributed by atoms with Gasteiger partial charge in [0.15, 0.2) is 0 Å². The van der Waals surface area contributed by atoms with Crippen LogP contribution in [-0.2, 0) is 9.59 Å². The molecule has 0 heterocycles. The van der Waals surface area contributed by atoms with Gasteiger partial charge in [-0.3, -0.25) is 9.59 Å². The first-order chi connectivity index (χ1) is 22.7. The van der Waals surface area contributed by atoms with Crippen LogP contribution < -0.4 is 10.6 Å². The Balaban J connectivity index is 0.838. The van der Waals surface area contributed by atoms with Crippen LogP contribution in [0.3, 0.4) is 0 Å². The molecule has 0 aliphatic rings. The van der Waals surface area contributed by atoms with Gasteiger partial charge in [-0.25, -0.2) is 0 Å². The largest absolute Gasteiger partial charge is 0.325 e. The summed E-state index contributed by atoms with van der Waals surface area (Å²) in [6, 6.07) is 37.4. The van der Waals surface area contributed by atoms with Gasteiger partial charge in [-0.1, -0.05) is 148 Å². The summed E-state index contributed by atoms with van der Waals surface area (Å²) < 4.78 is 0. The summed E-state index contributed by atoms with van der Waals surface area (Å²) in [5.41, 5.74) is 1.86. The van der Waals surface area contributed by atoms with Crippen molar-refractivity contribution in [3.63, 3.8) is 0 Å². The number of benzene rings is 6. The van der Waals surface area contributed by atoms with Crippen molar-refractivity contribution in [1.29, 1.82) is 0 Å². The average molecular weight is 609 g/mol. The molecule has 2 amide bonds. The summed E-state index contributed by atoms with van der Waals surface area (Å²) in [6.45, 7) is 0. The Bertz CT molecular complexity index is 1710. The smallest absolute Gasteiger partial charge is 0.224 e. The van der Waals surface area contributed by atoms with E-state index in [1.54, 1.807) is 0 Å². The number of nitrogens with one attached hydrogen (secondary N) is 2. The number of carbonyl (C=O) groups excluding carboxylic acids is 2. The Morgan fingerprint density at radius 3 is 0.935 bits per heavy atom. The molecule has 0 aliphatic carbocycles. The molecule has 0 unspecified atom stereocenters. The standard InChI is InChI=1S/C42H44N2O2/c45-39(43-41-35-23-15-11-19-31(35)29-32-20-12-16-24-36(32)41)27-9-7-5-3-1-2-4-6-8-10-28-40(46)44-42-37-25-17-13-21-33(37)30-34-22-14-18-26-38(34)42/h11-26,29-30H,1-10,27-28H2,(H,43,45)(H,44,46). The van der Waals surface area contributed by atoms with Crippen LogP contribution in [0.5, 0.6) is 0 Å². The van der Waals surface area contributed by atoms with Crippen molar-refractivity contribution < 1.29 is 9.59 Å². The van der Waals surface area contributed by atoms with Gasteiger partial charge in [0.05, 0.1) is 11.4 Å². The number of fused-ring (bicyclic) bond motifs is 4. The first-order valence-corrected chi connectivity index (χ1v) is 17.1. The van der Waals surface area contributed by atoms with Crippen LogP contribution in [0.2, 0.25) is 0 Å². The molecule has 0 aromatic heterocycles. The summed E-state index contributed by atoms with van der Waals surface area (Å²) in [6.07, 6.45) is 12.4. The molecule has 0 spiro atoms. The summed E-state index contributed by atoms with van der Waals surface area (Å²) in [5.74, 6) is 0.196. The summed E-state index contributed by atoms with van der Waals surface area (Å²) >= 11 is 0. The van der Waals surface area contributed by atoms with Crippen molar-refractivity contribution in [2.45, 2.75) is 77.0 Å². The first kappa shape index (κ1) is 31.3. The van der Waals surface area contributed by atoms with E-state index in [2.05, 4.69) is 71.3 Å². The number of hydrogen-bond donors (Lipinski definition) is 2. The topological polar surface area (TPSA) is 58.2 Å². The van der Waals surface area contributed by atoms with E-state index in [4.69, 9.17) is 0 Å². The molecule has 0 fully saturated rings. The molecular weight excluding hydrogens is 564 g/mol. The monoisotopic (exact) mass is 608 g/mol. The lowest BCUT2D eigenvalue weighted by Crippen LogP contribution is -2.11. The van der Waals surface area contributed by atoms with Gasteiger partial charge >= 0.3 is 0 Å². The highest BCUT2D eigenvalue weighted by molar-refractivity contribution is 6.16. The van der Waals surface area contributed by atoms with Crippen molar-refractivity contribution >= 4 is 66.3 Å². The van der Waals surface area contributed by atoms with Crippen LogP contribution >= 0.6 is 0 Å². The molecule has 6 aromatic carbocycles. The summed E-state index contributed by atoms with van der Waals surface area (Å²) in [7, 11) is 0. The molecule has 4 heteroatoms. The molecule has 46 heavy (non-hydrogen) atoms. The molecule has 4 nitrogen and oxygen atoms in total. The van der Waals surface area contributed by atoms with Crippen LogP contribution in [0.4, 0.5) is 11.4 Å². The highest BCUT2D eigenvalue weighted by atomic mass is 16.2. The zero-order valence-electron chi connectivity index (χ0n) is 26.7. The predicted molar refractivity (Wildman–Crippen MR) is 196 cm³/mol. The van der Waals surface area contributed by atoms with Crippen molar-refractivity contribution in [2.24, 2.45) is 0 Å². The number of amides is 2.